The average molecular weight is 328 g/mol. The lowest BCUT2D eigenvalue weighted by molar-refractivity contribution is -0.140. The number of carbonyl (C=O) groups is 3. The minimum Gasteiger partial charge on any atom is -0.480 e. The van der Waals surface area contributed by atoms with Gasteiger partial charge in [0, 0.05) is 5.75 Å². The Labute approximate surface area is 136 Å². The maximum Gasteiger partial charge on any atom is 0.328 e. The zero-order valence-electron chi connectivity index (χ0n) is 13.1. The molecule has 0 aromatic heterocycles. The molecule has 1 saturated carbocycles. The van der Waals surface area contributed by atoms with Crippen molar-refractivity contribution in [1.29, 1.82) is 0 Å². The zero-order valence-corrected chi connectivity index (χ0v) is 14.0. The molecule has 0 aromatic carbocycles. The monoisotopic (exact) mass is 328 g/mol. The van der Waals surface area contributed by atoms with Gasteiger partial charge in [0.05, 0.1) is 6.04 Å². The second-order valence-electron chi connectivity index (χ2n) is 6.64. The van der Waals surface area contributed by atoms with Crippen LogP contribution in [0.4, 0.5) is 4.79 Å². The molecule has 1 atom stereocenters. The number of amides is 3. The molecule has 1 aliphatic carbocycles. The zero-order chi connectivity index (χ0) is 16.5. The SMILES string of the molecule is CC(C)CC(CS)N1C(=O)N(CC(=O)O)C2(CCCC2)C1=O. The molecule has 1 unspecified atom stereocenters. The standard InChI is InChI=1S/C15H24N2O4S/c1-10(2)7-11(9-22)17-13(20)15(5-3-4-6-15)16(14(17)21)8-12(18)19/h10-11,22H,3-9H2,1-2H3,(H,18,19). The van der Waals surface area contributed by atoms with E-state index in [0.29, 0.717) is 30.9 Å². The van der Waals surface area contributed by atoms with Gasteiger partial charge in [-0.2, -0.15) is 12.6 Å². The summed E-state index contributed by atoms with van der Waals surface area (Å²) >= 11 is 4.30. The van der Waals surface area contributed by atoms with Gasteiger partial charge in [0.2, 0.25) is 0 Å². The second kappa shape index (κ2) is 6.48. The molecule has 2 rings (SSSR count). The highest BCUT2D eigenvalue weighted by molar-refractivity contribution is 7.80. The Morgan fingerprint density at radius 1 is 1.32 bits per heavy atom. The third kappa shape index (κ3) is 2.83. The van der Waals surface area contributed by atoms with Crippen molar-refractivity contribution in [2.45, 2.75) is 57.5 Å². The number of hydrogen-bond donors (Lipinski definition) is 2. The number of aliphatic carboxylic acids is 1. The fourth-order valence-corrected chi connectivity index (χ4v) is 3.98. The van der Waals surface area contributed by atoms with Crippen molar-refractivity contribution in [2.24, 2.45) is 5.92 Å². The van der Waals surface area contributed by atoms with Crippen LogP contribution in [0.15, 0.2) is 0 Å². The number of hydrogen-bond acceptors (Lipinski definition) is 4. The smallest absolute Gasteiger partial charge is 0.328 e. The van der Waals surface area contributed by atoms with Gasteiger partial charge in [-0.25, -0.2) is 4.79 Å². The summed E-state index contributed by atoms with van der Waals surface area (Å²) in [5.41, 5.74) is -0.937. The third-order valence-electron chi connectivity index (χ3n) is 4.61. The van der Waals surface area contributed by atoms with Crippen LogP contribution in [0.5, 0.6) is 0 Å². The van der Waals surface area contributed by atoms with Crippen molar-refractivity contribution in [3.8, 4) is 0 Å². The molecular weight excluding hydrogens is 304 g/mol. The number of carboxylic acid groups (broad SMARTS) is 1. The highest BCUT2D eigenvalue weighted by Gasteiger charge is 2.59. The summed E-state index contributed by atoms with van der Waals surface area (Å²) in [6.07, 6.45) is 3.49. The predicted molar refractivity (Wildman–Crippen MR) is 84.9 cm³/mol. The van der Waals surface area contributed by atoms with Gasteiger partial charge in [-0.05, 0) is 25.2 Å². The van der Waals surface area contributed by atoms with Crippen LogP contribution in [0.3, 0.4) is 0 Å². The van der Waals surface area contributed by atoms with E-state index in [0.717, 1.165) is 12.8 Å². The molecule has 1 aliphatic heterocycles. The largest absolute Gasteiger partial charge is 0.480 e. The molecule has 2 aliphatic rings. The first-order chi connectivity index (χ1) is 10.3. The van der Waals surface area contributed by atoms with Crippen LogP contribution in [0.1, 0.15) is 46.0 Å². The second-order valence-corrected chi connectivity index (χ2v) is 7.01. The van der Waals surface area contributed by atoms with E-state index in [4.69, 9.17) is 5.11 Å². The van der Waals surface area contributed by atoms with Gasteiger partial charge in [-0.1, -0.05) is 26.7 Å². The van der Waals surface area contributed by atoms with Gasteiger partial charge in [0.15, 0.2) is 0 Å². The fraction of sp³-hybridized carbons (Fsp3) is 0.800. The summed E-state index contributed by atoms with van der Waals surface area (Å²) in [7, 11) is 0. The van der Waals surface area contributed by atoms with Crippen LogP contribution in [0, 0.1) is 5.92 Å². The Balaban J connectivity index is 2.34. The molecule has 3 amide bonds. The average Bonchev–Trinajstić information content (AvgIpc) is 2.99. The first-order valence-corrected chi connectivity index (χ1v) is 8.44. The van der Waals surface area contributed by atoms with Crippen molar-refractivity contribution in [3.05, 3.63) is 0 Å². The van der Waals surface area contributed by atoms with Gasteiger partial charge < -0.3 is 5.11 Å². The highest BCUT2D eigenvalue weighted by atomic mass is 32.1. The predicted octanol–water partition coefficient (Wildman–Crippen LogP) is 1.99. The van der Waals surface area contributed by atoms with E-state index < -0.39 is 24.1 Å². The molecule has 6 nitrogen and oxygen atoms in total. The van der Waals surface area contributed by atoms with E-state index in [1.54, 1.807) is 0 Å². The van der Waals surface area contributed by atoms with Crippen LogP contribution >= 0.6 is 12.6 Å². The Bertz CT molecular complexity index is 474. The van der Waals surface area contributed by atoms with Crippen molar-refractivity contribution in [3.63, 3.8) is 0 Å². The van der Waals surface area contributed by atoms with Crippen molar-refractivity contribution in [1.82, 2.24) is 9.80 Å². The molecular formula is C15H24N2O4S. The van der Waals surface area contributed by atoms with Gasteiger partial charge >= 0.3 is 12.0 Å². The maximum absolute atomic E-state index is 13.0. The Kier molecular flexibility index (Phi) is 5.04. The Morgan fingerprint density at radius 2 is 1.91 bits per heavy atom. The topological polar surface area (TPSA) is 77.9 Å². The molecule has 1 heterocycles. The number of rotatable bonds is 6. The Hall–Kier alpha value is -1.24. The van der Waals surface area contributed by atoms with Crippen LogP contribution in [0.25, 0.3) is 0 Å². The number of imide groups is 1. The molecule has 0 radical (unpaired) electrons. The summed E-state index contributed by atoms with van der Waals surface area (Å²) in [5.74, 6) is -0.588. The van der Waals surface area contributed by atoms with Gasteiger partial charge in [0.1, 0.15) is 12.1 Å². The minimum absolute atomic E-state index is 0.226. The molecule has 7 heteroatoms. The number of urea groups is 1. The lowest BCUT2D eigenvalue weighted by Gasteiger charge is -2.29. The summed E-state index contributed by atoms with van der Waals surface area (Å²) < 4.78 is 0. The summed E-state index contributed by atoms with van der Waals surface area (Å²) in [6, 6.07) is -0.742. The van der Waals surface area contributed by atoms with E-state index >= 15 is 0 Å². The van der Waals surface area contributed by atoms with Gasteiger partial charge in [0.25, 0.3) is 5.91 Å². The molecule has 1 N–H and O–H groups in total. The van der Waals surface area contributed by atoms with Crippen LogP contribution in [0.2, 0.25) is 0 Å². The lowest BCUT2D eigenvalue weighted by atomic mass is 9.94. The van der Waals surface area contributed by atoms with E-state index in [2.05, 4.69) is 12.6 Å². The minimum atomic E-state index is -1.08. The van der Waals surface area contributed by atoms with E-state index in [1.165, 1.54) is 9.80 Å². The molecule has 124 valence electrons. The number of carbonyl (C=O) groups excluding carboxylic acids is 2. The van der Waals surface area contributed by atoms with E-state index in [9.17, 15) is 14.4 Å². The summed E-state index contributed by atoms with van der Waals surface area (Å²) in [5, 5.41) is 9.11. The fourth-order valence-electron chi connectivity index (χ4n) is 3.67. The number of carboxylic acids is 1. The molecule has 1 spiro atoms. The van der Waals surface area contributed by atoms with Crippen LogP contribution in [-0.2, 0) is 9.59 Å². The molecule has 0 bridgehead atoms. The van der Waals surface area contributed by atoms with E-state index in [1.807, 2.05) is 13.8 Å². The Morgan fingerprint density at radius 3 is 2.36 bits per heavy atom. The first kappa shape index (κ1) is 17.1. The van der Waals surface area contributed by atoms with Crippen molar-refractivity contribution in [2.75, 3.05) is 12.3 Å². The maximum atomic E-state index is 13.0. The summed E-state index contributed by atoms with van der Waals surface area (Å²) in [6.45, 7) is 3.64. The first-order valence-electron chi connectivity index (χ1n) is 7.81. The van der Waals surface area contributed by atoms with Gasteiger partial charge in [-0.3, -0.25) is 19.4 Å². The highest BCUT2D eigenvalue weighted by Crippen LogP contribution is 2.42. The number of thiol groups is 1. The molecule has 22 heavy (non-hydrogen) atoms. The van der Waals surface area contributed by atoms with Crippen molar-refractivity contribution < 1.29 is 19.5 Å². The molecule has 0 aromatic rings. The molecule has 2 fully saturated rings. The molecule has 1 saturated heterocycles. The van der Waals surface area contributed by atoms with Gasteiger partial charge in [-0.15, -0.1) is 0 Å². The van der Waals surface area contributed by atoms with Crippen molar-refractivity contribution >= 4 is 30.5 Å². The summed E-state index contributed by atoms with van der Waals surface area (Å²) in [4.78, 5) is 39.4. The van der Waals surface area contributed by atoms with Crippen LogP contribution < -0.4 is 0 Å². The normalized spacial score (nSPS) is 22.2. The van der Waals surface area contributed by atoms with Crippen LogP contribution in [-0.4, -0.2) is 56.7 Å². The third-order valence-corrected chi connectivity index (χ3v) is 5.04. The lowest BCUT2D eigenvalue weighted by Crippen LogP contribution is -2.49. The number of nitrogens with zero attached hydrogens (tertiary/aromatic N) is 2. The quantitative estimate of drug-likeness (QED) is 0.577. The van der Waals surface area contributed by atoms with E-state index in [-0.39, 0.29) is 11.9 Å².